The molecule has 2 heterocycles. The van der Waals surface area contributed by atoms with Crippen LogP contribution in [0, 0.1) is 0 Å². The summed E-state index contributed by atoms with van der Waals surface area (Å²) in [7, 11) is -3.93. The number of pyridine rings is 1. The van der Waals surface area contributed by atoms with Crippen LogP contribution in [-0.2, 0) is 16.4 Å². The Labute approximate surface area is 207 Å². The third kappa shape index (κ3) is 4.71. The average Bonchev–Trinajstić information content (AvgIpc) is 3.05. The summed E-state index contributed by atoms with van der Waals surface area (Å²) < 4.78 is 33.5. The van der Waals surface area contributed by atoms with E-state index in [1.54, 1.807) is 60.9 Å². The number of hydrogen-bond acceptors (Lipinski definition) is 6. The predicted molar refractivity (Wildman–Crippen MR) is 133 cm³/mol. The van der Waals surface area contributed by atoms with Crippen LogP contribution in [0.15, 0.2) is 96.2 Å². The molecule has 1 aliphatic rings. The quantitative estimate of drug-likeness (QED) is 0.379. The van der Waals surface area contributed by atoms with Gasteiger partial charge in [0.1, 0.15) is 5.75 Å². The van der Waals surface area contributed by atoms with Crippen LogP contribution < -0.4 is 15.4 Å². The molecule has 7 nitrogen and oxygen atoms in total. The van der Waals surface area contributed by atoms with Crippen LogP contribution in [0.1, 0.15) is 26.9 Å². The number of carbonyl (C=O) groups is 1. The molecule has 0 radical (unpaired) electrons. The van der Waals surface area contributed by atoms with E-state index >= 15 is 0 Å². The number of anilines is 1. The van der Waals surface area contributed by atoms with E-state index in [4.69, 9.17) is 16.3 Å². The fourth-order valence-corrected chi connectivity index (χ4v) is 5.57. The van der Waals surface area contributed by atoms with E-state index in [2.05, 4.69) is 15.6 Å². The molecule has 1 aromatic heterocycles. The molecule has 5 rings (SSSR count). The number of carbonyl (C=O) groups excluding carboxylic acids is 1. The molecule has 1 atom stereocenters. The summed E-state index contributed by atoms with van der Waals surface area (Å²) in [5.74, 6) is 0.592. The van der Waals surface area contributed by atoms with Crippen molar-refractivity contribution in [3.63, 3.8) is 0 Å². The summed E-state index contributed by atoms with van der Waals surface area (Å²) in [6.45, 7) is 0.317. The van der Waals surface area contributed by atoms with Gasteiger partial charge in [-0.05, 0) is 60.2 Å². The average molecular weight is 506 g/mol. The SMILES string of the molecule is O=C(NCc1cccnc1)c1ccc(S(=O)(=O)C2Nc3cc(Cl)ccc3Oc3ccccc32)cc1. The number of hydrogen-bond donors (Lipinski definition) is 2. The van der Waals surface area contributed by atoms with Crippen molar-refractivity contribution < 1.29 is 17.9 Å². The Morgan fingerprint density at radius 3 is 2.57 bits per heavy atom. The van der Waals surface area contributed by atoms with E-state index in [1.165, 1.54) is 24.3 Å². The van der Waals surface area contributed by atoms with Gasteiger partial charge in [-0.15, -0.1) is 0 Å². The Bertz CT molecular complexity index is 1490. The third-order valence-electron chi connectivity index (χ3n) is 5.58. The van der Waals surface area contributed by atoms with E-state index in [0.717, 1.165) is 5.56 Å². The summed E-state index contributed by atoms with van der Waals surface area (Å²) in [6.07, 6.45) is 3.33. The van der Waals surface area contributed by atoms with Crippen molar-refractivity contribution in [2.24, 2.45) is 0 Å². The van der Waals surface area contributed by atoms with Crippen LogP contribution in [0.4, 0.5) is 5.69 Å². The summed E-state index contributed by atoms with van der Waals surface area (Å²) >= 11 is 6.15. The maximum absolute atomic E-state index is 13.7. The van der Waals surface area contributed by atoms with Gasteiger partial charge in [0.25, 0.3) is 5.91 Å². The van der Waals surface area contributed by atoms with Crippen LogP contribution in [0.2, 0.25) is 5.02 Å². The van der Waals surface area contributed by atoms with Gasteiger partial charge in [0, 0.05) is 35.1 Å². The Hall–Kier alpha value is -3.88. The van der Waals surface area contributed by atoms with Gasteiger partial charge in [0.2, 0.25) is 9.84 Å². The van der Waals surface area contributed by atoms with E-state index in [1.807, 2.05) is 6.07 Å². The molecule has 176 valence electrons. The summed E-state index contributed by atoms with van der Waals surface area (Å²) in [5.41, 5.74) is 2.15. The Kier molecular flexibility index (Phi) is 6.15. The van der Waals surface area contributed by atoms with E-state index in [-0.39, 0.29) is 10.8 Å². The first-order chi connectivity index (χ1) is 16.9. The maximum Gasteiger partial charge on any atom is 0.251 e. The van der Waals surface area contributed by atoms with Crippen molar-refractivity contribution in [1.29, 1.82) is 0 Å². The van der Waals surface area contributed by atoms with Gasteiger partial charge in [-0.1, -0.05) is 35.9 Å². The van der Waals surface area contributed by atoms with Gasteiger partial charge in [0.05, 0.1) is 10.6 Å². The zero-order valence-corrected chi connectivity index (χ0v) is 19.9. The predicted octanol–water partition coefficient (Wildman–Crippen LogP) is 5.36. The number of sulfone groups is 1. The number of aromatic nitrogens is 1. The molecule has 1 unspecified atom stereocenters. The van der Waals surface area contributed by atoms with Gasteiger partial charge < -0.3 is 15.4 Å². The lowest BCUT2D eigenvalue weighted by Crippen LogP contribution is -2.23. The van der Waals surface area contributed by atoms with Crippen molar-refractivity contribution in [3.8, 4) is 11.5 Å². The Morgan fingerprint density at radius 1 is 1.00 bits per heavy atom. The van der Waals surface area contributed by atoms with Gasteiger partial charge >= 0.3 is 0 Å². The largest absolute Gasteiger partial charge is 0.455 e. The zero-order chi connectivity index (χ0) is 24.4. The summed E-state index contributed by atoms with van der Waals surface area (Å²) in [5, 5.41) is 5.22. The number of halogens is 1. The first-order valence-electron chi connectivity index (χ1n) is 10.8. The highest BCUT2D eigenvalue weighted by atomic mass is 35.5. The van der Waals surface area contributed by atoms with Crippen LogP contribution >= 0.6 is 11.6 Å². The monoisotopic (exact) mass is 505 g/mol. The van der Waals surface area contributed by atoms with Crippen LogP contribution in [0.25, 0.3) is 0 Å². The first-order valence-corrected chi connectivity index (χ1v) is 12.7. The number of rotatable bonds is 5. The van der Waals surface area contributed by atoms with Crippen molar-refractivity contribution in [1.82, 2.24) is 10.3 Å². The molecular formula is C26H20ClN3O4S. The second kappa shape index (κ2) is 9.40. The zero-order valence-electron chi connectivity index (χ0n) is 18.3. The number of benzene rings is 3. The van der Waals surface area contributed by atoms with Gasteiger partial charge in [-0.3, -0.25) is 9.78 Å². The maximum atomic E-state index is 13.7. The summed E-state index contributed by atoms with van der Waals surface area (Å²) in [6, 6.07) is 21.5. The molecule has 9 heteroatoms. The number of fused-ring (bicyclic) bond motifs is 2. The molecule has 0 aliphatic carbocycles. The molecule has 4 aromatic rings. The van der Waals surface area contributed by atoms with E-state index in [0.29, 0.717) is 39.9 Å². The van der Waals surface area contributed by atoms with Crippen LogP contribution in [0.3, 0.4) is 0 Å². The molecule has 0 spiro atoms. The van der Waals surface area contributed by atoms with Crippen LogP contribution in [0.5, 0.6) is 11.5 Å². The molecule has 1 aliphatic heterocycles. The Morgan fingerprint density at radius 2 is 1.80 bits per heavy atom. The van der Waals surface area contributed by atoms with E-state index < -0.39 is 15.2 Å². The lowest BCUT2D eigenvalue weighted by molar-refractivity contribution is 0.0950. The van der Waals surface area contributed by atoms with Crippen molar-refractivity contribution in [3.05, 3.63) is 113 Å². The van der Waals surface area contributed by atoms with Gasteiger partial charge in [0.15, 0.2) is 11.1 Å². The minimum absolute atomic E-state index is 0.0686. The topological polar surface area (TPSA) is 97.4 Å². The lowest BCUT2D eigenvalue weighted by Gasteiger charge is -2.20. The molecule has 0 saturated carbocycles. The fourth-order valence-electron chi connectivity index (χ4n) is 3.80. The molecule has 3 aromatic carbocycles. The molecule has 0 saturated heterocycles. The molecule has 0 fully saturated rings. The standard InChI is InChI=1S/C26H20ClN3O4S/c27-19-9-12-24-22(14-19)30-26(21-5-1-2-6-23(21)34-24)35(32,33)20-10-7-18(8-11-20)25(31)29-16-17-4-3-13-28-15-17/h1-15,26,30H,16H2,(H,29,31). The third-order valence-corrected chi connectivity index (χ3v) is 7.74. The van der Waals surface area contributed by atoms with Crippen LogP contribution in [-0.4, -0.2) is 19.3 Å². The Balaban J connectivity index is 1.43. The van der Waals surface area contributed by atoms with Crippen molar-refractivity contribution >= 4 is 33.0 Å². The van der Waals surface area contributed by atoms with Gasteiger partial charge in [-0.2, -0.15) is 0 Å². The number of ether oxygens (including phenoxy) is 1. The number of amides is 1. The number of para-hydroxylation sites is 1. The molecule has 2 N–H and O–H groups in total. The molecule has 1 amide bonds. The van der Waals surface area contributed by atoms with Crippen molar-refractivity contribution in [2.45, 2.75) is 16.8 Å². The minimum Gasteiger partial charge on any atom is -0.455 e. The second-order valence-electron chi connectivity index (χ2n) is 7.92. The molecule has 0 bridgehead atoms. The second-order valence-corrected chi connectivity index (χ2v) is 10.4. The number of nitrogens with one attached hydrogen (secondary N) is 2. The van der Waals surface area contributed by atoms with Crippen molar-refractivity contribution in [2.75, 3.05) is 5.32 Å². The minimum atomic E-state index is -3.93. The lowest BCUT2D eigenvalue weighted by atomic mass is 10.2. The highest BCUT2D eigenvalue weighted by Gasteiger charge is 2.34. The molecular weight excluding hydrogens is 486 g/mol. The molecule has 35 heavy (non-hydrogen) atoms. The first kappa shape index (κ1) is 22.9. The number of nitrogens with zero attached hydrogens (tertiary/aromatic N) is 1. The smallest absolute Gasteiger partial charge is 0.251 e. The van der Waals surface area contributed by atoms with Gasteiger partial charge in [-0.25, -0.2) is 8.42 Å². The fraction of sp³-hybridized carbons (Fsp3) is 0.0769. The highest BCUT2D eigenvalue weighted by Crippen LogP contribution is 2.44. The normalized spacial score (nSPS) is 14.5. The highest BCUT2D eigenvalue weighted by molar-refractivity contribution is 7.91. The van der Waals surface area contributed by atoms with E-state index in [9.17, 15) is 13.2 Å². The summed E-state index contributed by atoms with van der Waals surface area (Å²) in [4.78, 5) is 16.6.